The number of piperidine rings is 1. The van der Waals surface area contributed by atoms with Crippen molar-refractivity contribution < 1.29 is 18.0 Å². The number of hydrogen-bond donors (Lipinski definition) is 1. The summed E-state index contributed by atoms with van der Waals surface area (Å²) in [6.45, 7) is 2.78. The van der Waals surface area contributed by atoms with Gasteiger partial charge in [0.2, 0.25) is 0 Å². The Morgan fingerprint density at radius 3 is 2.65 bits per heavy atom. The van der Waals surface area contributed by atoms with Crippen LogP contribution in [0.5, 0.6) is 0 Å². The van der Waals surface area contributed by atoms with Crippen molar-refractivity contribution in [3.63, 3.8) is 0 Å². The zero-order valence-corrected chi connectivity index (χ0v) is 22.2. The molecule has 0 saturated carbocycles. The molecule has 1 amide bonds. The standard InChI is InChI=1S/C27H29F3N9O/c1-36(2)12-17-9-22(35-23(10-17)27(28,29)30)26(40)37-7-4-19(5-8-37)38-14-20(15-38)39-13-18(11-34-39)24-21-3-6-31-25(21)33-16-32-24/h3,6,9-11,13,16,19H,4-5,7-8,12,14-15H2,1-2H3,(H,31,32,33). The third kappa shape index (κ3) is 5.18. The minimum atomic E-state index is -4.62. The lowest BCUT2D eigenvalue weighted by Crippen LogP contribution is -2.56. The number of aromatic amines is 1. The quantitative estimate of drug-likeness (QED) is 0.392. The molecule has 2 aliphatic rings. The first-order valence-electron chi connectivity index (χ1n) is 13.1. The summed E-state index contributed by atoms with van der Waals surface area (Å²) in [5.41, 5.74) is 1.75. The Balaban J connectivity index is 1.06. The maximum absolute atomic E-state index is 13.4. The number of fused-ring (bicyclic) bond motifs is 1. The summed E-state index contributed by atoms with van der Waals surface area (Å²) in [4.78, 5) is 34.3. The molecule has 2 aliphatic heterocycles. The lowest BCUT2D eigenvalue weighted by atomic mass is 9.97. The second kappa shape index (κ2) is 10.3. The van der Waals surface area contributed by atoms with Gasteiger partial charge in [-0.05, 0) is 50.7 Å². The van der Waals surface area contributed by atoms with E-state index in [-0.39, 0.29) is 12.2 Å². The molecular weight excluding hydrogens is 523 g/mol. The van der Waals surface area contributed by atoms with Crippen molar-refractivity contribution in [3.05, 3.63) is 66.1 Å². The molecule has 6 heterocycles. The van der Waals surface area contributed by atoms with Gasteiger partial charge in [-0.15, -0.1) is 0 Å². The number of nitrogens with zero attached hydrogens (tertiary/aromatic N) is 8. The highest BCUT2D eigenvalue weighted by atomic mass is 19.4. The summed E-state index contributed by atoms with van der Waals surface area (Å²) in [6.07, 6.45) is 4.04. The van der Waals surface area contributed by atoms with Gasteiger partial charge in [-0.25, -0.2) is 15.0 Å². The van der Waals surface area contributed by atoms with Crippen LogP contribution in [0.3, 0.4) is 0 Å². The monoisotopic (exact) mass is 552 g/mol. The molecule has 1 N–H and O–H groups in total. The van der Waals surface area contributed by atoms with Gasteiger partial charge in [-0.1, -0.05) is 0 Å². The molecule has 10 nitrogen and oxygen atoms in total. The molecule has 0 bridgehead atoms. The minimum Gasteiger partial charge on any atom is -0.346 e. The molecule has 0 aromatic carbocycles. The predicted molar refractivity (Wildman–Crippen MR) is 141 cm³/mol. The van der Waals surface area contributed by atoms with Crippen molar-refractivity contribution in [1.82, 2.24) is 44.4 Å². The normalized spacial score (nSPS) is 17.6. The number of alkyl halides is 3. The fourth-order valence-electron chi connectivity index (χ4n) is 5.44. The molecule has 0 unspecified atom stereocenters. The number of carbonyl (C=O) groups excluding carboxylic acids is 1. The Kier molecular flexibility index (Phi) is 6.78. The van der Waals surface area contributed by atoms with Crippen molar-refractivity contribution in [1.29, 1.82) is 0 Å². The van der Waals surface area contributed by atoms with Crippen LogP contribution in [0, 0.1) is 6.04 Å². The first kappa shape index (κ1) is 26.4. The molecule has 209 valence electrons. The van der Waals surface area contributed by atoms with Gasteiger partial charge in [0.1, 0.15) is 29.4 Å². The maximum Gasteiger partial charge on any atom is 0.433 e. The van der Waals surface area contributed by atoms with E-state index in [1.54, 1.807) is 30.1 Å². The molecule has 0 aliphatic carbocycles. The van der Waals surface area contributed by atoms with Crippen LogP contribution >= 0.6 is 0 Å². The van der Waals surface area contributed by atoms with Crippen LogP contribution in [0.25, 0.3) is 22.3 Å². The van der Waals surface area contributed by atoms with Crippen molar-refractivity contribution in [2.24, 2.45) is 0 Å². The number of carbonyl (C=O) groups is 1. The van der Waals surface area contributed by atoms with Crippen LogP contribution in [0.15, 0.2) is 43.1 Å². The van der Waals surface area contributed by atoms with Crippen molar-refractivity contribution in [3.8, 4) is 11.3 Å². The Morgan fingerprint density at radius 1 is 1.15 bits per heavy atom. The van der Waals surface area contributed by atoms with Gasteiger partial charge in [0.05, 0.1) is 11.9 Å². The van der Waals surface area contributed by atoms with Gasteiger partial charge < -0.3 is 14.8 Å². The Morgan fingerprint density at radius 2 is 1.93 bits per heavy atom. The lowest BCUT2D eigenvalue weighted by molar-refractivity contribution is -0.141. The van der Waals surface area contributed by atoms with E-state index in [1.807, 2.05) is 23.1 Å². The van der Waals surface area contributed by atoms with Crippen LogP contribution < -0.4 is 0 Å². The number of H-pyrrole nitrogens is 1. The lowest BCUT2D eigenvalue weighted by Gasteiger charge is -2.46. The van der Waals surface area contributed by atoms with E-state index in [1.165, 1.54) is 18.4 Å². The number of aromatic nitrogens is 6. The van der Waals surface area contributed by atoms with Crippen LogP contribution in [0.1, 0.15) is 34.6 Å². The third-order valence-electron chi connectivity index (χ3n) is 7.47. The molecule has 4 aromatic heterocycles. The Hall–Kier alpha value is -3.84. The molecule has 6 rings (SSSR count). The highest BCUT2D eigenvalue weighted by molar-refractivity contribution is 5.92. The number of pyridine rings is 1. The molecule has 2 fully saturated rings. The summed E-state index contributed by atoms with van der Waals surface area (Å²) in [5.74, 6) is -0.453. The maximum atomic E-state index is 13.4. The van der Waals surface area contributed by atoms with E-state index in [2.05, 4.69) is 29.9 Å². The largest absolute Gasteiger partial charge is 0.433 e. The van der Waals surface area contributed by atoms with Gasteiger partial charge in [-0.2, -0.15) is 18.3 Å². The Labute approximate surface area is 228 Å². The highest BCUT2D eigenvalue weighted by Crippen LogP contribution is 2.31. The van der Waals surface area contributed by atoms with Crippen LogP contribution in [-0.4, -0.2) is 96.6 Å². The smallest absolute Gasteiger partial charge is 0.346 e. The summed E-state index contributed by atoms with van der Waals surface area (Å²) < 4.78 is 42.2. The van der Waals surface area contributed by atoms with E-state index < -0.39 is 17.8 Å². The predicted octanol–water partition coefficient (Wildman–Crippen LogP) is 3.30. The second-order valence-electron chi connectivity index (χ2n) is 10.6. The minimum absolute atomic E-state index is 0.153. The number of hydrogen-bond acceptors (Lipinski definition) is 7. The zero-order valence-electron chi connectivity index (χ0n) is 22.2. The zero-order chi connectivity index (χ0) is 28.0. The summed E-state index contributed by atoms with van der Waals surface area (Å²) in [7, 11) is 3.53. The second-order valence-corrected chi connectivity index (χ2v) is 10.6. The average Bonchev–Trinajstić information content (AvgIpc) is 3.57. The number of nitrogens with one attached hydrogen (secondary N) is 1. The average molecular weight is 553 g/mol. The van der Waals surface area contributed by atoms with Gasteiger partial charge in [0, 0.05) is 62.1 Å². The summed E-state index contributed by atoms with van der Waals surface area (Å²) in [6, 6.07) is 5.90. The van der Waals surface area contributed by atoms with Crippen molar-refractivity contribution >= 4 is 16.9 Å². The number of amides is 1. The van der Waals surface area contributed by atoms with E-state index in [9.17, 15) is 18.0 Å². The van der Waals surface area contributed by atoms with Crippen molar-refractivity contribution in [2.45, 2.75) is 31.6 Å². The molecule has 4 aromatic rings. The van der Waals surface area contributed by atoms with E-state index in [0.717, 1.165) is 54.3 Å². The van der Waals surface area contributed by atoms with Crippen molar-refractivity contribution in [2.75, 3.05) is 40.3 Å². The third-order valence-corrected chi connectivity index (χ3v) is 7.47. The van der Waals surface area contributed by atoms with Crippen LogP contribution in [0.2, 0.25) is 0 Å². The number of likely N-dealkylation sites (tertiary alicyclic amines) is 2. The summed E-state index contributed by atoms with van der Waals surface area (Å²) >= 11 is 0. The fourth-order valence-corrected chi connectivity index (χ4v) is 5.44. The van der Waals surface area contributed by atoms with Gasteiger partial charge in [0.15, 0.2) is 0 Å². The molecule has 13 heteroatoms. The molecule has 0 atom stereocenters. The van der Waals surface area contributed by atoms with E-state index >= 15 is 0 Å². The van der Waals surface area contributed by atoms with Gasteiger partial charge in [0.25, 0.3) is 5.91 Å². The first-order chi connectivity index (χ1) is 19.2. The highest BCUT2D eigenvalue weighted by Gasteiger charge is 2.38. The number of halogens is 3. The first-order valence-corrected chi connectivity index (χ1v) is 13.1. The summed E-state index contributed by atoms with van der Waals surface area (Å²) in [5, 5.41) is 5.49. The van der Waals surface area contributed by atoms with E-state index in [0.29, 0.717) is 24.7 Å². The Bertz CT molecular complexity index is 1510. The van der Waals surface area contributed by atoms with Crippen LogP contribution in [0.4, 0.5) is 13.2 Å². The SMILES string of the molecule is CN(C)Cc1cc(C(=O)N2CCC(N3C[C](n4cc(-c5ncnc6[nH]ccc56)cn4)C3)CC2)nc(C(F)(F)F)c1. The van der Waals surface area contributed by atoms with E-state index in [4.69, 9.17) is 0 Å². The molecule has 1 radical (unpaired) electrons. The van der Waals surface area contributed by atoms with Crippen LogP contribution in [-0.2, 0) is 12.7 Å². The van der Waals surface area contributed by atoms with Gasteiger partial charge >= 0.3 is 6.18 Å². The molecule has 2 saturated heterocycles. The topological polar surface area (TPSA) is 99.1 Å². The molecule has 40 heavy (non-hydrogen) atoms. The molecule has 0 spiro atoms. The van der Waals surface area contributed by atoms with Gasteiger partial charge in [-0.3, -0.25) is 14.4 Å². The molecular formula is C27H29F3N9O. The number of rotatable bonds is 6. The fraction of sp³-hybridized carbons (Fsp3) is 0.407.